The molecule has 32 heavy (non-hydrogen) atoms. The largest absolute Gasteiger partial charge is 0.428 e. The summed E-state index contributed by atoms with van der Waals surface area (Å²) in [6.07, 6.45) is -5.27. The van der Waals surface area contributed by atoms with Crippen LogP contribution in [-0.2, 0) is 19.6 Å². The van der Waals surface area contributed by atoms with Gasteiger partial charge in [0.15, 0.2) is 0 Å². The molecule has 180 valence electrons. The summed E-state index contributed by atoms with van der Waals surface area (Å²) >= 11 is 0. The zero-order valence-electron chi connectivity index (χ0n) is 15.5. The van der Waals surface area contributed by atoms with Crippen molar-refractivity contribution in [3.8, 4) is 0 Å². The molecule has 1 atom stereocenters. The van der Waals surface area contributed by atoms with Crippen LogP contribution >= 0.6 is 0 Å². The number of sulfonamides is 1. The maximum absolute atomic E-state index is 14.2. The second-order valence-corrected chi connectivity index (χ2v) is 8.97. The maximum atomic E-state index is 14.2. The molecule has 0 aromatic heterocycles. The van der Waals surface area contributed by atoms with E-state index in [0.29, 0.717) is 18.9 Å². The number of hydrogen-bond donors (Lipinski definition) is 1. The fraction of sp³-hybridized carbons (Fsp3) is 0.562. The van der Waals surface area contributed by atoms with Gasteiger partial charge in [0.05, 0.1) is 4.90 Å². The van der Waals surface area contributed by atoms with Crippen LogP contribution in [0.5, 0.6) is 0 Å². The average Bonchev–Trinajstić information content (AvgIpc) is 3.25. The monoisotopic (exact) mass is 500 g/mol. The number of nitrogens with one attached hydrogen (secondary N) is 1. The van der Waals surface area contributed by atoms with Gasteiger partial charge in [0.2, 0.25) is 10.0 Å². The van der Waals surface area contributed by atoms with Crippen LogP contribution in [0, 0.1) is 0 Å². The predicted molar refractivity (Wildman–Crippen MR) is 87.8 cm³/mol. The molecule has 2 aliphatic rings. The molecule has 0 unspecified atom stereocenters. The van der Waals surface area contributed by atoms with Crippen molar-refractivity contribution in [3.63, 3.8) is 0 Å². The highest BCUT2D eigenvalue weighted by Crippen LogP contribution is 2.64. The van der Waals surface area contributed by atoms with Crippen molar-refractivity contribution in [1.82, 2.24) is 4.31 Å². The lowest BCUT2D eigenvalue weighted by Crippen LogP contribution is -2.63. The SMILES string of the molecule is O=C(Nc1cccc(S(=O)(=O)N2CCCC2)c1)C(F)(F)[C@]1(F)OC(F)(F)C(F)(F)C1(F)F. The number of hydrogen-bond acceptors (Lipinski definition) is 4. The highest BCUT2D eigenvalue weighted by Gasteiger charge is 2.96. The minimum absolute atomic E-state index is 0.149. The molecular weight excluding hydrogens is 487 g/mol. The number of alkyl halides is 9. The Kier molecular flexibility index (Phi) is 5.54. The van der Waals surface area contributed by atoms with Crippen molar-refractivity contribution < 1.29 is 57.5 Å². The molecule has 3 rings (SSSR count). The van der Waals surface area contributed by atoms with Gasteiger partial charge in [-0.2, -0.15) is 43.8 Å². The molecule has 0 saturated carbocycles. The minimum Gasteiger partial charge on any atom is -0.321 e. The van der Waals surface area contributed by atoms with Crippen molar-refractivity contribution in [2.24, 2.45) is 0 Å². The van der Waals surface area contributed by atoms with Gasteiger partial charge >= 0.3 is 35.6 Å². The van der Waals surface area contributed by atoms with Gasteiger partial charge in [0.1, 0.15) is 0 Å². The van der Waals surface area contributed by atoms with Gasteiger partial charge in [0.25, 0.3) is 0 Å². The van der Waals surface area contributed by atoms with Crippen LogP contribution in [0.3, 0.4) is 0 Å². The van der Waals surface area contributed by atoms with E-state index in [0.717, 1.165) is 27.8 Å². The van der Waals surface area contributed by atoms with Crippen LogP contribution in [0.2, 0.25) is 0 Å². The first-order chi connectivity index (χ1) is 14.4. The highest BCUT2D eigenvalue weighted by atomic mass is 32.2. The van der Waals surface area contributed by atoms with Crippen LogP contribution in [0.4, 0.5) is 45.2 Å². The van der Waals surface area contributed by atoms with Crippen molar-refractivity contribution in [2.45, 2.75) is 47.5 Å². The summed E-state index contributed by atoms with van der Waals surface area (Å²) in [6, 6.07) is 3.36. The van der Waals surface area contributed by atoms with Gasteiger partial charge in [-0.3, -0.25) is 9.53 Å². The van der Waals surface area contributed by atoms with E-state index in [1.54, 1.807) is 0 Å². The quantitative estimate of drug-likeness (QED) is 0.628. The fourth-order valence-electron chi connectivity index (χ4n) is 3.12. The van der Waals surface area contributed by atoms with Crippen LogP contribution in [0.15, 0.2) is 29.2 Å². The Balaban J connectivity index is 1.90. The Morgan fingerprint density at radius 3 is 2.06 bits per heavy atom. The molecule has 0 spiro atoms. The van der Waals surface area contributed by atoms with Gasteiger partial charge in [0, 0.05) is 18.8 Å². The number of ether oxygens (including phenoxy) is 1. The molecule has 6 nitrogen and oxygen atoms in total. The van der Waals surface area contributed by atoms with E-state index < -0.39 is 56.2 Å². The molecule has 1 N–H and O–H groups in total. The number of benzene rings is 1. The number of halogens is 9. The molecule has 2 saturated heterocycles. The molecule has 1 amide bonds. The Morgan fingerprint density at radius 2 is 1.56 bits per heavy atom. The van der Waals surface area contributed by atoms with Crippen molar-refractivity contribution in [2.75, 3.05) is 18.4 Å². The average molecular weight is 500 g/mol. The second-order valence-electron chi connectivity index (χ2n) is 7.03. The van der Waals surface area contributed by atoms with E-state index in [2.05, 4.69) is 4.74 Å². The van der Waals surface area contributed by atoms with E-state index in [4.69, 9.17) is 0 Å². The van der Waals surface area contributed by atoms with E-state index >= 15 is 0 Å². The molecular formula is C16H13F9N2O4S. The van der Waals surface area contributed by atoms with Crippen LogP contribution < -0.4 is 5.32 Å². The highest BCUT2D eigenvalue weighted by molar-refractivity contribution is 7.89. The number of amides is 1. The third kappa shape index (κ3) is 3.25. The van der Waals surface area contributed by atoms with Crippen molar-refractivity contribution in [1.29, 1.82) is 0 Å². The van der Waals surface area contributed by atoms with Crippen LogP contribution in [0.25, 0.3) is 0 Å². The summed E-state index contributed by atoms with van der Waals surface area (Å²) in [5.74, 6) is -29.3. The molecule has 2 heterocycles. The standard InChI is InChI=1S/C16H13F9N2O4S/c17-12(18,15(23)13(19,20)14(21,22)16(24,25)31-15)11(28)26-9-4-3-5-10(8-9)32(29,30)27-6-1-2-7-27/h3-5,8H,1-2,6-7H2,(H,26,28)/t15-/m0/s1. The lowest BCUT2D eigenvalue weighted by atomic mass is 9.99. The molecule has 0 aliphatic carbocycles. The smallest absolute Gasteiger partial charge is 0.321 e. The van der Waals surface area contributed by atoms with Crippen LogP contribution in [-0.4, -0.2) is 61.5 Å². The molecule has 1 aromatic carbocycles. The Labute approximate surface area is 174 Å². The molecule has 2 aliphatic heterocycles. The van der Waals surface area contributed by atoms with Crippen molar-refractivity contribution in [3.05, 3.63) is 24.3 Å². The van der Waals surface area contributed by atoms with Gasteiger partial charge in [-0.25, -0.2) is 8.42 Å². The van der Waals surface area contributed by atoms with Gasteiger partial charge in [-0.15, -0.1) is 0 Å². The lowest BCUT2D eigenvalue weighted by molar-refractivity contribution is -0.366. The third-order valence-corrected chi connectivity index (χ3v) is 6.81. The summed E-state index contributed by atoms with van der Waals surface area (Å²) < 4.78 is 151. The summed E-state index contributed by atoms with van der Waals surface area (Å²) in [4.78, 5) is 11.3. The first kappa shape index (κ1) is 24.6. The molecule has 1 aromatic rings. The zero-order chi connectivity index (χ0) is 24.4. The third-order valence-electron chi connectivity index (χ3n) is 4.92. The summed E-state index contributed by atoms with van der Waals surface area (Å²) in [5, 5.41) is 1.16. The predicted octanol–water partition coefficient (Wildman–Crippen LogP) is 3.60. The first-order valence-corrected chi connectivity index (χ1v) is 10.2. The number of carbonyl (C=O) groups is 1. The number of anilines is 1. The van der Waals surface area contributed by atoms with Gasteiger partial charge in [-0.1, -0.05) is 6.07 Å². The van der Waals surface area contributed by atoms with Crippen molar-refractivity contribution >= 4 is 21.6 Å². The summed E-state index contributed by atoms with van der Waals surface area (Å²) in [7, 11) is -4.13. The second kappa shape index (κ2) is 7.21. The summed E-state index contributed by atoms with van der Waals surface area (Å²) in [5.41, 5.74) is -0.793. The molecule has 2 fully saturated rings. The fourth-order valence-corrected chi connectivity index (χ4v) is 4.68. The number of carbonyl (C=O) groups excluding carboxylic acids is 1. The minimum atomic E-state index is -6.81. The lowest BCUT2D eigenvalue weighted by Gasteiger charge is -2.31. The zero-order valence-corrected chi connectivity index (χ0v) is 16.3. The maximum Gasteiger partial charge on any atom is 0.428 e. The summed E-state index contributed by atoms with van der Waals surface area (Å²) in [6.45, 7) is 0.298. The van der Waals surface area contributed by atoms with E-state index in [-0.39, 0.29) is 13.1 Å². The Morgan fingerprint density at radius 1 is 1.00 bits per heavy atom. The number of rotatable bonds is 5. The molecule has 0 radical (unpaired) electrons. The van der Waals surface area contributed by atoms with E-state index in [1.165, 1.54) is 0 Å². The van der Waals surface area contributed by atoms with Gasteiger partial charge in [-0.05, 0) is 31.0 Å². The van der Waals surface area contributed by atoms with E-state index in [9.17, 15) is 52.7 Å². The van der Waals surface area contributed by atoms with E-state index in [1.807, 2.05) is 0 Å². The molecule has 0 bridgehead atoms. The Bertz CT molecular complexity index is 1030. The molecule has 16 heteroatoms. The number of nitrogens with zero attached hydrogens (tertiary/aromatic N) is 1. The Hall–Kier alpha value is -2.07. The topological polar surface area (TPSA) is 75.7 Å². The van der Waals surface area contributed by atoms with Crippen LogP contribution in [0.1, 0.15) is 12.8 Å². The first-order valence-electron chi connectivity index (χ1n) is 8.74. The van der Waals surface area contributed by atoms with Gasteiger partial charge < -0.3 is 5.32 Å². The normalized spacial score (nSPS) is 27.4.